The summed E-state index contributed by atoms with van der Waals surface area (Å²) in [4.78, 5) is 7.60. The van der Waals surface area contributed by atoms with Crippen molar-refractivity contribution < 1.29 is 9.46 Å². The Morgan fingerprint density at radius 2 is 1.80 bits per heavy atom. The number of hydrogen-bond acceptors (Lipinski definition) is 2. The highest BCUT2D eigenvalue weighted by atomic mass is 31.1. The van der Waals surface area contributed by atoms with Crippen molar-refractivity contribution in [2.45, 2.75) is 31.7 Å². The first kappa shape index (κ1) is 10.2. The van der Waals surface area contributed by atoms with Crippen LogP contribution in [0.15, 0.2) is 0 Å². The zero-order chi connectivity index (χ0) is 7.98. The molecular formula is C6H16NO2P. The molecule has 1 aliphatic rings. The van der Waals surface area contributed by atoms with Gasteiger partial charge in [0.05, 0.1) is 0 Å². The van der Waals surface area contributed by atoms with Gasteiger partial charge in [-0.3, -0.25) is 4.57 Å². The van der Waals surface area contributed by atoms with Gasteiger partial charge in [-0.2, -0.15) is 0 Å². The van der Waals surface area contributed by atoms with Crippen LogP contribution in [-0.2, 0) is 4.57 Å². The Balaban J connectivity index is 0.000000180. The lowest BCUT2D eigenvalue weighted by atomic mass is 10.3. The highest BCUT2D eigenvalue weighted by molar-refractivity contribution is 7.36. The Kier molecular flexibility index (Phi) is 5.99. The normalized spacial score (nSPS) is 21.5. The molecule has 3 nitrogen and oxygen atoms in total. The van der Waals surface area contributed by atoms with E-state index in [9.17, 15) is 4.57 Å². The van der Waals surface area contributed by atoms with Gasteiger partial charge in [-0.25, -0.2) is 0 Å². The maximum Gasteiger partial charge on any atom is 0.186 e. The van der Waals surface area contributed by atoms with E-state index in [2.05, 4.69) is 0 Å². The van der Waals surface area contributed by atoms with E-state index in [4.69, 9.17) is 10.6 Å². The minimum absolute atomic E-state index is 0.546. The maximum atomic E-state index is 9.19. The highest BCUT2D eigenvalue weighted by Gasteiger charge is 2.07. The predicted molar refractivity (Wildman–Crippen MR) is 43.6 cm³/mol. The smallest absolute Gasteiger partial charge is 0.186 e. The van der Waals surface area contributed by atoms with Crippen molar-refractivity contribution in [3.8, 4) is 0 Å². The molecule has 0 spiro atoms. The molecule has 1 fully saturated rings. The lowest BCUT2D eigenvalue weighted by molar-refractivity contribution is 0.509. The third-order valence-electron chi connectivity index (χ3n) is 1.40. The molecular weight excluding hydrogens is 149 g/mol. The van der Waals surface area contributed by atoms with Crippen molar-refractivity contribution >= 4 is 8.03 Å². The number of nitrogens with two attached hydrogens (primary N) is 1. The summed E-state index contributed by atoms with van der Waals surface area (Å²) in [5, 5.41) is 0. The monoisotopic (exact) mass is 165 g/mol. The second-order valence-electron chi connectivity index (χ2n) is 2.56. The van der Waals surface area contributed by atoms with Crippen LogP contribution in [0.3, 0.4) is 0 Å². The molecule has 62 valence electrons. The van der Waals surface area contributed by atoms with Crippen molar-refractivity contribution in [2.75, 3.05) is 6.66 Å². The van der Waals surface area contributed by atoms with E-state index >= 15 is 0 Å². The Bertz CT molecular complexity index is 97.9. The molecule has 4 heteroatoms. The second-order valence-corrected chi connectivity index (χ2v) is 3.60. The molecule has 0 aromatic rings. The van der Waals surface area contributed by atoms with Crippen LogP contribution >= 0.6 is 8.03 Å². The Hall–Kier alpha value is 0.150. The quantitative estimate of drug-likeness (QED) is 0.526. The highest BCUT2D eigenvalue weighted by Crippen LogP contribution is 2.14. The van der Waals surface area contributed by atoms with Gasteiger partial charge >= 0.3 is 0 Å². The fourth-order valence-electron chi connectivity index (χ4n) is 0.957. The van der Waals surface area contributed by atoms with Gasteiger partial charge in [-0.15, -0.1) is 0 Å². The number of rotatable bonds is 0. The largest absolute Gasteiger partial charge is 0.346 e. The molecule has 1 rings (SSSR count). The third kappa shape index (κ3) is 8.15. The summed E-state index contributed by atoms with van der Waals surface area (Å²) >= 11 is 0. The van der Waals surface area contributed by atoms with Crippen molar-refractivity contribution in [2.24, 2.45) is 5.73 Å². The van der Waals surface area contributed by atoms with Crippen LogP contribution in [0, 0.1) is 0 Å². The SMILES string of the molecule is C[PH](=O)O.NC1CCCC1. The second kappa shape index (κ2) is 5.90. The fraction of sp³-hybridized carbons (Fsp3) is 1.00. The minimum atomic E-state index is -2.13. The summed E-state index contributed by atoms with van der Waals surface area (Å²) in [5.74, 6) is 0. The van der Waals surface area contributed by atoms with Gasteiger partial charge in [-0.1, -0.05) is 12.8 Å². The zero-order valence-corrected chi connectivity index (χ0v) is 7.34. The first-order valence-corrected chi connectivity index (χ1v) is 5.43. The molecule has 0 radical (unpaired) electrons. The Labute approximate surface area is 62.5 Å². The van der Waals surface area contributed by atoms with E-state index in [0.29, 0.717) is 6.04 Å². The summed E-state index contributed by atoms with van der Waals surface area (Å²) in [6, 6.07) is 0.546. The van der Waals surface area contributed by atoms with Crippen LogP contribution in [0.2, 0.25) is 0 Å². The van der Waals surface area contributed by atoms with Crippen LogP contribution in [-0.4, -0.2) is 17.6 Å². The van der Waals surface area contributed by atoms with Crippen molar-refractivity contribution in [1.29, 1.82) is 0 Å². The summed E-state index contributed by atoms with van der Waals surface area (Å²) in [7, 11) is -2.13. The standard InChI is InChI=1S/C5H11N.CH5O2P/c6-5-3-1-2-4-5;1-4(2)3/h5H,1-4,6H2;4H,1H3,(H,2,3). The molecule has 0 saturated heterocycles. The molecule has 10 heavy (non-hydrogen) atoms. The van der Waals surface area contributed by atoms with Gasteiger partial charge in [0.25, 0.3) is 0 Å². The summed E-state index contributed by atoms with van der Waals surface area (Å²) in [5.41, 5.74) is 5.53. The maximum absolute atomic E-state index is 9.19. The van der Waals surface area contributed by atoms with Crippen LogP contribution < -0.4 is 5.73 Å². The third-order valence-corrected chi connectivity index (χ3v) is 1.40. The van der Waals surface area contributed by atoms with E-state index in [1.54, 1.807) is 0 Å². The lowest BCUT2D eigenvalue weighted by Gasteiger charge is -1.92. The summed E-state index contributed by atoms with van der Waals surface area (Å²) in [6.45, 7) is 1.27. The van der Waals surface area contributed by atoms with Crippen molar-refractivity contribution in [1.82, 2.24) is 0 Å². The van der Waals surface area contributed by atoms with Gasteiger partial charge in [0.15, 0.2) is 8.03 Å². The molecule has 0 bridgehead atoms. The Morgan fingerprint density at radius 1 is 1.50 bits per heavy atom. The van der Waals surface area contributed by atoms with E-state index in [1.165, 1.54) is 32.3 Å². The van der Waals surface area contributed by atoms with Gasteiger partial charge in [0.2, 0.25) is 0 Å². The van der Waals surface area contributed by atoms with E-state index in [1.807, 2.05) is 0 Å². The molecule has 0 aliphatic heterocycles. The zero-order valence-electron chi connectivity index (χ0n) is 6.34. The van der Waals surface area contributed by atoms with Gasteiger partial charge in [-0.05, 0) is 12.8 Å². The molecule has 0 heterocycles. The van der Waals surface area contributed by atoms with Gasteiger partial charge in [0.1, 0.15) is 0 Å². The molecule has 0 amide bonds. The van der Waals surface area contributed by atoms with E-state index < -0.39 is 8.03 Å². The lowest BCUT2D eigenvalue weighted by Crippen LogP contribution is -2.13. The molecule has 1 unspecified atom stereocenters. The van der Waals surface area contributed by atoms with Crippen LogP contribution in [0.5, 0.6) is 0 Å². The average Bonchev–Trinajstić information content (AvgIpc) is 2.15. The van der Waals surface area contributed by atoms with E-state index in [-0.39, 0.29) is 0 Å². The van der Waals surface area contributed by atoms with Crippen LogP contribution in [0.25, 0.3) is 0 Å². The molecule has 1 aliphatic carbocycles. The first-order valence-electron chi connectivity index (χ1n) is 3.58. The van der Waals surface area contributed by atoms with Crippen molar-refractivity contribution in [3.63, 3.8) is 0 Å². The van der Waals surface area contributed by atoms with Crippen LogP contribution in [0.1, 0.15) is 25.7 Å². The fourth-order valence-corrected chi connectivity index (χ4v) is 0.957. The molecule has 0 aromatic carbocycles. The Morgan fingerprint density at radius 3 is 1.90 bits per heavy atom. The summed E-state index contributed by atoms with van der Waals surface area (Å²) < 4.78 is 9.19. The molecule has 3 N–H and O–H groups in total. The molecule has 1 atom stereocenters. The average molecular weight is 165 g/mol. The minimum Gasteiger partial charge on any atom is -0.346 e. The van der Waals surface area contributed by atoms with E-state index in [0.717, 1.165) is 0 Å². The molecule has 0 aromatic heterocycles. The summed E-state index contributed by atoms with van der Waals surface area (Å²) in [6.07, 6.45) is 5.25. The predicted octanol–water partition coefficient (Wildman–Crippen LogP) is 0.971. The molecule has 1 saturated carbocycles. The van der Waals surface area contributed by atoms with Crippen LogP contribution in [0.4, 0.5) is 0 Å². The van der Waals surface area contributed by atoms with Crippen molar-refractivity contribution in [3.05, 3.63) is 0 Å². The number of hydrogen-bond donors (Lipinski definition) is 2. The van der Waals surface area contributed by atoms with Gasteiger partial charge in [0, 0.05) is 12.7 Å². The topological polar surface area (TPSA) is 63.3 Å². The van der Waals surface area contributed by atoms with Gasteiger partial charge < -0.3 is 10.6 Å². The first-order chi connectivity index (χ1) is 4.63.